The van der Waals surface area contributed by atoms with Crippen molar-refractivity contribution in [2.24, 2.45) is 5.41 Å². The number of hydrogen-bond acceptors (Lipinski definition) is 1. The summed E-state index contributed by atoms with van der Waals surface area (Å²) in [6, 6.07) is 10.2. The van der Waals surface area contributed by atoms with Crippen molar-refractivity contribution in [1.29, 1.82) is 0 Å². The number of carbonyl (C=O) groups is 1. The first-order valence-corrected chi connectivity index (χ1v) is 8.31. The van der Waals surface area contributed by atoms with Gasteiger partial charge in [0, 0.05) is 18.3 Å². The second-order valence-electron chi connectivity index (χ2n) is 6.87. The van der Waals surface area contributed by atoms with Crippen LogP contribution >= 0.6 is 0 Å². The van der Waals surface area contributed by atoms with Gasteiger partial charge in [-0.1, -0.05) is 37.5 Å². The molecule has 3 nitrogen and oxygen atoms in total. The number of nitrogens with zero attached hydrogens (tertiary/aromatic N) is 1. The number of rotatable bonds is 1. The quantitative estimate of drug-likeness (QED) is 0.800. The van der Waals surface area contributed by atoms with E-state index in [1.165, 1.54) is 38.5 Å². The van der Waals surface area contributed by atoms with Gasteiger partial charge in [-0.05, 0) is 50.2 Å². The van der Waals surface area contributed by atoms with Crippen molar-refractivity contribution < 1.29 is 4.79 Å². The Morgan fingerprint density at radius 1 is 1.14 bits per heavy atom. The molecular formula is C18H26N2O. The average Bonchev–Trinajstić information content (AvgIpc) is 2.52. The van der Waals surface area contributed by atoms with Gasteiger partial charge in [0.25, 0.3) is 0 Å². The van der Waals surface area contributed by atoms with Gasteiger partial charge in [0.1, 0.15) is 0 Å². The summed E-state index contributed by atoms with van der Waals surface area (Å²) in [7, 11) is 0. The molecule has 21 heavy (non-hydrogen) atoms. The maximum absolute atomic E-state index is 12.6. The van der Waals surface area contributed by atoms with E-state index in [1.54, 1.807) is 0 Å². The molecule has 1 aromatic carbocycles. The molecule has 1 spiro atoms. The van der Waals surface area contributed by atoms with Gasteiger partial charge < -0.3 is 10.2 Å². The number of carbonyl (C=O) groups excluding carboxylic acids is 1. The largest absolute Gasteiger partial charge is 0.322 e. The lowest BCUT2D eigenvalue weighted by atomic mass is 9.68. The summed E-state index contributed by atoms with van der Waals surface area (Å²) in [5.74, 6) is 0. The van der Waals surface area contributed by atoms with E-state index >= 15 is 0 Å². The van der Waals surface area contributed by atoms with E-state index < -0.39 is 0 Å². The predicted octanol–water partition coefficient (Wildman–Crippen LogP) is 4.65. The minimum absolute atomic E-state index is 0.0679. The Balaban J connectivity index is 1.68. The standard InChI is InChI=1S/C18H26N2O/c1-15-10-13-18(11-6-3-7-12-18)14-20(15)17(21)19-16-8-4-2-5-9-16/h2,4-5,8-9,15H,3,6-7,10-14H2,1H3,(H,19,21). The summed E-state index contributed by atoms with van der Waals surface area (Å²) in [5, 5.41) is 3.05. The second-order valence-corrected chi connectivity index (χ2v) is 6.87. The predicted molar refractivity (Wildman–Crippen MR) is 86.4 cm³/mol. The Labute approximate surface area is 127 Å². The number of nitrogens with one attached hydrogen (secondary N) is 1. The van der Waals surface area contributed by atoms with Gasteiger partial charge in [0.15, 0.2) is 0 Å². The van der Waals surface area contributed by atoms with Crippen molar-refractivity contribution in [2.75, 3.05) is 11.9 Å². The molecule has 2 aliphatic rings. The van der Waals surface area contributed by atoms with Crippen molar-refractivity contribution >= 4 is 11.7 Å². The third-order valence-electron chi connectivity index (χ3n) is 5.33. The molecule has 0 radical (unpaired) electrons. The maximum Gasteiger partial charge on any atom is 0.322 e. The van der Waals surface area contributed by atoms with Crippen LogP contribution < -0.4 is 5.32 Å². The molecule has 2 amide bonds. The Morgan fingerprint density at radius 3 is 2.57 bits per heavy atom. The average molecular weight is 286 g/mol. The smallest absolute Gasteiger partial charge is 0.321 e. The van der Waals surface area contributed by atoms with Crippen molar-refractivity contribution in [3.05, 3.63) is 30.3 Å². The molecule has 1 atom stereocenters. The Hall–Kier alpha value is -1.51. The van der Waals surface area contributed by atoms with E-state index in [-0.39, 0.29) is 6.03 Å². The summed E-state index contributed by atoms with van der Waals surface area (Å²) in [6.07, 6.45) is 9.08. The SMILES string of the molecule is CC1CCC2(CCCCC2)CN1C(=O)Nc1ccccc1. The van der Waals surface area contributed by atoms with Crippen LogP contribution in [-0.4, -0.2) is 23.5 Å². The van der Waals surface area contributed by atoms with Gasteiger partial charge in [0.2, 0.25) is 0 Å². The molecule has 114 valence electrons. The second kappa shape index (κ2) is 6.08. The third kappa shape index (κ3) is 3.22. The molecule has 1 aliphatic heterocycles. The maximum atomic E-state index is 12.6. The van der Waals surface area contributed by atoms with Crippen LogP contribution in [0.25, 0.3) is 0 Å². The summed E-state index contributed by atoms with van der Waals surface area (Å²) < 4.78 is 0. The van der Waals surface area contributed by atoms with Crippen LogP contribution in [0.4, 0.5) is 10.5 Å². The minimum atomic E-state index is 0.0679. The van der Waals surface area contributed by atoms with E-state index in [2.05, 4.69) is 17.1 Å². The highest BCUT2D eigenvalue weighted by Crippen LogP contribution is 2.44. The fraction of sp³-hybridized carbons (Fsp3) is 0.611. The van der Waals surface area contributed by atoms with Crippen LogP contribution in [0, 0.1) is 5.41 Å². The van der Waals surface area contributed by atoms with Crippen molar-refractivity contribution in [3.8, 4) is 0 Å². The lowest BCUT2D eigenvalue weighted by molar-refractivity contribution is 0.0479. The van der Waals surface area contributed by atoms with Gasteiger partial charge in [-0.3, -0.25) is 0 Å². The van der Waals surface area contributed by atoms with Crippen LogP contribution in [0.1, 0.15) is 51.9 Å². The molecule has 1 aliphatic carbocycles. The van der Waals surface area contributed by atoms with Crippen LogP contribution in [0.3, 0.4) is 0 Å². The third-order valence-corrected chi connectivity index (χ3v) is 5.33. The Bertz CT molecular complexity index is 479. The van der Waals surface area contributed by atoms with E-state index in [1.807, 2.05) is 30.3 Å². The first-order valence-electron chi connectivity index (χ1n) is 8.31. The van der Waals surface area contributed by atoms with Crippen LogP contribution in [-0.2, 0) is 0 Å². The number of benzene rings is 1. The zero-order valence-corrected chi connectivity index (χ0v) is 13.0. The number of para-hydroxylation sites is 1. The fourth-order valence-electron chi connectivity index (χ4n) is 3.97. The molecule has 1 unspecified atom stereocenters. The highest BCUT2D eigenvalue weighted by Gasteiger charge is 2.40. The summed E-state index contributed by atoms with van der Waals surface area (Å²) >= 11 is 0. The number of amides is 2. The van der Waals surface area contributed by atoms with Crippen molar-refractivity contribution in [3.63, 3.8) is 0 Å². The Kier molecular flexibility index (Phi) is 4.18. The number of piperidine rings is 1. The fourth-order valence-corrected chi connectivity index (χ4v) is 3.97. The topological polar surface area (TPSA) is 32.3 Å². The molecule has 1 heterocycles. The normalized spacial score (nSPS) is 24.8. The van der Waals surface area contributed by atoms with Gasteiger partial charge in [-0.25, -0.2) is 4.79 Å². The van der Waals surface area contributed by atoms with Crippen molar-refractivity contribution in [1.82, 2.24) is 4.90 Å². The molecular weight excluding hydrogens is 260 g/mol. The molecule has 3 heteroatoms. The molecule has 0 aromatic heterocycles. The van der Waals surface area contributed by atoms with Crippen LogP contribution in [0.5, 0.6) is 0 Å². The first-order chi connectivity index (χ1) is 10.2. The van der Waals surface area contributed by atoms with E-state index in [0.29, 0.717) is 11.5 Å². The molecule has 0 bridgehead atoms. The first kappa shape index (κ1) is 14.4. The lowest BCUT2D eigenvalue weighted by Crippen LogP contribution is -2.52. The summed E-state index contributed by atoms with van der Waals surface area (Å²) in [5.41, 5.74) is 1.29. The van der Waals surface area contributed by atoms with Crippen molar-refractivity contribution in [2.45, 2.75) is 57.9 Å². The van der Waals surface area contributed by atoms with E-state index in [4.69, 9.17) is 0 Å². The Morgan fingerprint density at radius 2 is 1.86 bits per heavy atom. The lowest BCUT2D eigenvalue weighted by Gasteiger charge is -2.48. The minimum Gasteiger partial charge on any atom is -0.321 e. The monoisotopic (exact) mass is 286 g/mol. The number of hydrogen-bond donors (Lipinski definition) is 1. The zero-order chi connectivity index (χ0) is 14.7. The highest BCUT2D eigenvalue weighted by molar-refractivity contribution is 5.89. The van der Waals surface area contributed by atoms with Gasteiger partial charge >= 0.3 is 6.03 Å². The van der Waals surface area contributed by atoms with E-state index in [0.717, 1.165) is 18.7 Å². The van der Waals surface area contributed by atoms with E-state index in [9.17, 15) is 4.79 Å². The number of likely N-dealkylation sites (tertiary alicyclic amines) is 1. The van der Waals surface area contributed by atoms with Crippen LogP contribution in [0.2, 0.25) is 0 Å². The zero-order valence-electron chi connectivity index (χ0n) is 13.0. The number of anilines is 1. The summed E-state index contributed by atoms with van der Waals surface area (Å²) in [6.45, 7) is 3.12. The molecule has 1 N–H and O–H groups in total. The van der Waals surface area contributed by atoms with Gasteiger partial charge in [0.05, 0.1) is 0 Å². The molecule has 1 saturated heterocycles. The molecule has 2 fully saturated rings. The summed E-state index contributed by atoms with van der Waals surface area (Å²) in [4.78, 5) is 14.7. The van der Waals surface area contributed by atoms with Gasteiger partial charge in [-0.15, -0.1) is 0 Å². The van der Waals surface area contributed by atoms with Crippen LogP contribution in [0.15, 0.2) is 30.3 Å². The number of urea groups is 1. The van der Waals surface area contributed by atoms with Gasteiger partial charge in [-0.2, -0.15) is 0 Å². The highest BCUT2D eigenvalue weighted by atomic mass is 16.2. The molecule has 3 rings (SSSR count). The molecule has 1 aromatic rings. The molecule has 1 saturated carbocycles.